The number of anilines is 1. The number of aromatic carboxylic acids is 1. The predicted octanol–water partition coefficient (Wildman–Crippen LogP) is 4.97. The fourth-order valence-corrected chi connectivity index (χ4v) is 4.17. The van der Waals surface area contributed by atoms with Gasteiger partial charge < -0.3 is 10.4 Å². The normalized spacial score (nSPS) is 24.7. The Balaban J connectivity index is 1.79. The van der Waals surface area contributed by atoms with Gasteiger partial charge in [0.2, 0.25) is 0 Å². The van der Waals surface area contributed by atoms with Crippen molar-refractivity contribution in [2.75, 3.05) is 5.32 Å². The maximum Gasteiger partial charge on any atom is 0.335 e. The van der Waals surface area contributed by atoms with Crippen molar-refractivity contribution < 1.29 is 9.90 Å². The molecule has 2 aliphatic rings. The Labute approximate surface area is 143 Å². The van der Waals surface area contributed by atoms with Gasteiger partial charge in [-0.25, -0.2) is 4.79 Å². The molecule has 0 amide bonds. The molecule has 0 fully saturated rings. The van der Waals surface area contributed by atoms with Gasteiger partial charge in [0.05, 0.1) is 11.6 Å². The fraction of sp³-hybridized carbons (Fsp3) is 0.211. The zero-order chi connectivity index (χ0) is 16.0. The SMILES string of the molecule is O=C(O)c1ccc2c(c1)[C@@H]1C=CC[C@H]1[C@H](c1cccc(Br)c1)N2. The topological polar surface area (TPSA) is 49.3 Å². The van der Waals surface area contributed by atoms with Crippen molar-refractivity contribution in [1.82, 2.24) is 0 Å². The van der Waals surface area contributed by atoms with Crippen molar-refractivity contribution in [1.29, 1.82) is 0 Å². The molecule has 2 N–H and O–H groups in total. The summed E-state index contributed by atoms with van der Waals surface area (Å²) in [6, 6.07) is 14.0. The zero-order valence-corrected chi connectivity index (χ0v) is 14.0. The molecular formula is C19H16BrNO2. The van der Waals surface area contributed by atoms with E-state index in [0.29, 0.717) is 11.5 Å². The van der Waals surface area contributed by atoms with Crippen molar-refractivity contribution in [3.05, 3.63) is 75.8 Å². The number of hydrogen-bond donors (Lipinski definition) is 2. The van der Waals surface area contributed by atoms with Crippen LogP contribution in [0.2, 0.25) is 0 Å². The molecule has 0 radical (unpaired) electrons. The molecule has 116 valence electrons. The lowest BCUT2D eigenvalue weighted by atomic mass is 9.76. The maximum absolute atomic E-state index is 11.3. The summed E-state index contributed by atoms with van der Waals surface area (Å²) in [6.07, 6.45) is 5.44. The third kappa shape index (κ3) is 2.47. The van der Waals surface area contributed by atoms with Gasteiger partial charge in [0.15, 0.2) is 0 Å². The van der Waals surface area contributed by atoms with Gasteiger partial charge in [0, 0.05) is 16.1 Å². The second kappa shape index (κ2) is 5.53. The average Bonchev–Trinajstić information content (AvgIpc) is 3.03. The number of hydrogen-bond acceptors (Lipinski definition) is 2. The van der Waals surface area contributed by atoms with Crippen molar-refractivity contribution in [2.45, 2.75) is 18.4 Å². The van der Waals surface area contributed by atoms with Gasteiger partial charge in [0.1, 0.15) is 0 Å². The Morgan fingerprint density at radius 3 is 2.87 bits per heavy atom. The third-order valence-electron chi connectivity index (χ3n) is 4.82. The number of rotatable bonds is 2. The molecule has 1 heterocycles. The second-order valence-electron chi connectivity index (χ2n) is 6.14. The predicted molar refractivity (Wildman–Crippen MR) is 93.9 cm³/mol. The lowest BCUT2D eigenvalue weighted by molar-refractivity contribution is 0.0696. The number of halogens is 1. The van der Waals surface area contributed by atoms with Crippen molar-refractivity contribution >= 4 is 27.6 Å². The van der Waals surface area contributed by atoms with Crippen LogP contribution in [0.3, 0.4) is 0 Å². The summed E-state index contributed by atoms with van der Waals surface area (Å²) in [7, 11) is 0. The second-order valence-corrected chi connectivity index (χ2v) is 7.05. The summed E-state index contributed by atoms with van der Waals surface area (Å²) in [5.41, 5.74) is 3.74. The van der Waals surface area contributed by atoms with E-state index in [0.717, 1.165) is 22.1 Å². The minimum Gasteiger partial charge on any atom is -0.478 e. The van der Waals surface area contributed by atoms with Gasteiger partial charge in [0.25, 0.3) is 0 Å². The van der Waals surface area contributed by atoms with Crippen LogP contribution in [0.1, 0.15) is 39.9 Å². The van der Waals surface area contributed by atoms with Crippen LogP contribution in [0, 0.1) is 5.92 Å². The van der Waals surface area contributed by atoms with Gasteiger partial charge in [-0.15, -0.1) is 0 Å². The van der Waals surface area contributed by atoms with Crippen LogP contribution in [0.5, 0.6) is 0 Å². The Morgan fingerprint density at radius 2 is 2.09 bits per heavy atom. The molecule has 0 saturated carbocycles. The van der Waals surface area contributed by atoms with Gasteiger partial charge >= 0.3 is 5.97 Å². The summed E-state index contributed by atoms with van der Waals surface area (Å²) in [5, 5.41) is 12.9. The van der Waals surface area contributed by atoms with Gasteiger partial charge in [-0.3, -0.25) is 0 Å². The minimum absolute atomic E-state index is 0.232. The van der Waals surface area contributed by atoms with Crippen molar-refractivity contribution in [2.24, 2.45) is 5.92 Å². The molecule has 4 heteroatoms. The molecule has 3 nitrogen and oxygen atoms in total. The van der Waals surface area contributed by atoms with E-state index < -0.39 is 5.97 Å². The quantitative estimate of drug-likeness (QED) is 0.734. The van der Waals surface area contributed by atoms with E-state index in [-0.39, 0.29) is 12.0 Å². The minimum atomic E-state index is -0.875. The first-order chi connectivity index (χ1) is 11.1. The number of carboxylic acids is 1. The summed E-state index contributed by atoms with van der Waals surface area (Å²) in [6.45, 7) is 0. The Morgan fingerprint density at radius 1 is 1.22 bits per heavy atom. The Kier molecular flexibility index (Phi) is 3.49. The summed E-state index contributed by atoms with van der Waals surface area (Å²) in [4.78, 5) is 11.3. The molecule has 0 spiro atoms. The number of fused-ring (bicyclic) bond motifs is 3. The van der Waals surface area contributed by atoms with E-state index in [2.05, 4.69) is 51.6 Å². The molecule has 2 aromatic carbocycles. The smallest absolute Gasteiger partial charge is 0.335 e. The van der Waals surface area contributed by atoms with Crippen LogP contribution in [-0.4, -0.2) is 11.1 Å². The van der Waals surface area contributed by atoms with E-state index >= 15 is 0 Å². The maximum atomic E-state index is 11.3. The monoisotopic (exact) mass is 369 g/mol. The van der Waals surface area contributed by atoms with Crippen LogP contribution in [-0.2, 0) is 0 Å². The molecule has 0 unspecified atom stereocenters. The summed E-state index contributed by atoms with van der Waals surface area (Å²) in [5.74, 6) is -0.184. The summed E-state index contributed by atoms with van der Waals surface area (Å²) >= 11 is 3.55. The highest BCUT2D eigenvalue weighted by Gasteiger charge is 2.38. The van der Waals surface area contributed by atoms with Crippen LogP contribution in [0.15, 0.2) is 59.1 Å². The van der Waals surface area contributed by atoms with Crippen molar-refractivity contribution in [3.8, 4) is 0 Å². The largest absolute Gasteiger partial charge is 0.478 e. The molecule has 3 atom stereocenters. The lowest BCUT2D eigenvalue weighted by Gasteiger charge is -2.37. The Hall–Kier alpha value is -2.07. The van der Waals surface area contributed by atoms with Crippen LogP contribution in [0.4, 0.5) is 5.69 Å². The number of benzene rings is 2. The van der Waals surface area contributed by atoms with Gasteiger partial charge in [-0.2, -0.15) is 0 Å². The van der Waals surface area contributed by atoms with Crippen LogP contribution >= 0.6 is 15.9 Å². The van der Waals surface area contributed by atoms with Crippen LogP contribution in [0.25, 0.3) is 0 Å². The average molecular weight is 370 g/mol. The van der Waals surface area contributed by atoms with E-state index in [4.69, 9.17) is 0 Å². The first-order valence-electron chi connectivity index (χ1n) is 7.69. The van der Waals surface area contributed by atoms with Crippen LogP contribution < -0.4 is 5.32 Å². The number of carbonyl (C=O) groups is 1. The summed E-state index contributed by atoms with van der Waals surface area (Å²) < 4.78 is 1.08. The molecule has 1 aliphatic carbocycles. The molecule has 4 rings (SSSR count). The van der Waals surface area contributed by atoms with Crippen molar-refractivity contribution in [3.63, 3.8) is 0 Å². The van der Waals surface area contributed by atoms with E-state index in [9.17, 15) is 9.90 Å². The molecule has 23 heavy (non-hydrogen) atoms. The molecular weight excluding hydrogens is 354 g/mol. The molecule has 0 saturated heterocycles. The molecule has 0 aromatic heterocycles. The number of carboxylic acid groups (broad SMARTS) is 1. The highest BCUT2D eigenvalue weighted by Crippen LogP contribution is 2.50. The zero-order valence-electron chi connectivity index (χ0n) is 12.4. The highest BCUT2D eigenvalue weighted by molar-refractivity contribution is 9.10. The molecule has 0 bridgehead atoms. The first kappa shape index (κ1) is 14.5. The molecule has 1 aliphatic heterocycles. The van der Waals surface area contributed by atoms with E-state index in [1.165, 1.54) is 5.56 Å². The highest BCUT2D eigenvalue weighted by atomic mass is 79.9. The van der Waals surface area contributed by atoms with Gasteiger partial charge in [-0.05, 0) is 53.8 Å². The standard InChI is InChI=1S/C19H16BrNO2/c20-13-4-1-3-11(9-13)18-15-6-2-5-14(15)16-10-12(19(22)23)7-8-17(16)21-18/h1-5,7-10,14-15,18,21H,6H2,(H,22,23)/t14-,15-,18+/m1/s1. The number of nitrogens with one attached hydrogen (secondary N) is 1. The van der Waals surface area contributed by atoms with E-state index in [1.54, 1.807) is 6.07 Å². The van der Waals surface area contributed by atoms with E-state index in [1.807, 2.05) is 18.2 Å². The number of allylic oxidation sites excluding steroid dienone is 2. The Bertz CT molecular complexity index is 815. The van der Waals surface area contributed by atoms with Gasteiger partial charge in [-0.1, -0.05) is 40.2 Å². The first-order valence-corrected chi connectivity index (χ1v) is 8.48. The molecule has 2 aromatic rings. The lowest BCUT2D eigenvalue weighted by Crippen LogP contribution is -2.29. The fourth-order valence-electron chi connectivity index (χ4n) is 3.76. The third-order valence-corrected chi connectivity index (χ3v) is 5.31.